The Balaban J connectivity index is 1.75. The Kier molecular flexibility index (Phi) is 5.51. The lowest BCUT2D eigenvalue weighted by Gasteiger charge is -2.12. The van der Waals surface area contributed by atoms with Gasteiger partial charge in [0.05, 0.1) is 5.56 Å². The van der Waals surface area contributed by atoms with Crippen molar-refractivity contribution in [3.05, 3.63) is 94.4 Å². The number of nitrogens with zero attached hydrogens (tertiary/aromatic N) is 1. The van der Waals surface area contributed by atoms with Crippen molar-refractivity contribution in [2.45, 2.75) is 6.92 Å². The van der Waals surface area contributed by atoms with E-state index in [0.717, 1.165) is 22.6 Å². The molecular formula is C24H19N3O3S. The van der Waals surface area contributed by atoms with E-state index < -0.39 is 5.97 Å². The van der Waals surface area contributed by atoms with E-state index in [1.165, 1.54) is 6.07 Å². The molecule has 3 aromatic carbocycles. The Morgan fingerprint density at radius 3 is 2.29 bits per heavy atom. The number of aromatic nitrogens is 1. The van der Waals surface area contributed by atoms with E-state index in [1.807, 2.05) is 37.3 Å². The van der Waals surface area contributed by atoms with Gasteiger partial charge in [-0.2, -0.15) is 0 Å². The second-order valence-electron chi connectivity index (χ2n) is 6.95. The first kappa shape index (κ1) is 20.3. The molecule has 0 saturated heterocycles. The molecule has 4 aromatic rings. The normalized spacial score (nSPS) is 10.6. The van der Waals surface area contributed by atoms with Crippen LogP contribution >= 0.6 is 11.3 Å². The number of hydrogen-bond acceptors (Lipinski definition) is 6. The molecule has 0 spiro atoms. The number of thiazole rings is 1. The molecule has 0 aliphatic heterocycles. The van der Waals surface area contributed by atoms with Crippen LogP contribution in [0.3, 0.4) is 0 Å². The minimum atomic E-state index is -1.10. The monoisotopic (exact) mass is 429 g/mol. The lowest BCUT2D eigenvalue weighted by molar-refractivity contribution is 0.0697. The zero-order valence-electron chi connectivity index (χ0n) is 16.6. The molecule has 1 heterocycles. The maximum atomic E-state index is 13.4. The maximum Gasteiger partial charge on any atom is 0.336 e. The van der Waals surface area contributed by atoms with Crippen LogP contribution < -0.4 is 11.1 Å². The van der Waals surface area contributed by atoms with Crippen LogP contribution in [0.1, 0.15) is 31.2 Å². The largest absolute Gasteiger partial charge is 0.478 e. The van der Waals surface area contributed by atoms with Crippen LogP contribution in [0, 0.1) is 6.92 Å². The molecule has 0 atom stereocenters. The van der Waals surface area contributed by atoms with Gasteiger partial charge in [0.25, 0.3) is 0 Å². The molecule has 0 amide bonds. The fraction of sp³-hybridized carbons (Fsp3) is 0.0417. The van der Waals surface area contributed by atoms with Gasteiger partial charge >= 0.3 is 5.97 Å². The fourth-order valence-electron chi connectivity index (χ4n) is 3.27. The molecule has 31 heavy (non-hydrogen) atoms. The van der Waals surface area contributed by atoms with Crippen molar-refractivity contribution in [2.75, 3.05) is 11.1 Å². The summed E-state index contributed by atoms with van der Waals surface area (Å²) < 4.78 is 0. The van der Waals surface area contributed by atoms with E-state index in [-0.39, 0.29) is 27.6 Å². The van der Waals surface area contributed by atoms with E-state index in [0.29, 0.717) is 16.3 Å². The Labute approximate surface area is 183 Å². The molecule has 0 fully saturated rings. The number of rotatable bonds is 6. The Hall–Kier alpha value is -3.97. The second-order valence-corrected chi connectivity index (χ2v) is 7.95. The molecule has 0 saturated carbocycles. The number of carbonyl (C=O) groups is 2. The number of nitrogen functional groups attached to an aromatic ring is 1. The molecule has 0 unspecified atom stereocenters. The highest BCUT2D eigenvalue weighted by Gasteiger charge is 2.24. The number of aromatic carboxylic acids is 1. The molecular weight excluding hydrogens is 410 g/mol. The molecule has 7 heteroatoms. The van der Waals surface area contributed by atoms with Crippen LogP contribution in [0.4, 0.5) is 16.6 Å². The average molecular weight is 430 g/mol. The summed E-state index contributed by atoms with van der Waals surface area (Å²) in [6.45, 7) is 2.00. The highest BCUT2D eigenvalue weighted by molar-refractivity contribution is 7.18. The number of carbonyl (C=O) groups excluding carboxylic acids is 1. The number of hydrogen-bond donors (Lipinski definition) is 3. The SMILES string of the molecule is Cc1ccc(Nc2nc(N)c(C(=O)c3cccc(C(=O)O)c3-c3ccccc3)s2)cc1. The number of ketones is 1. The van der Waals surface area contributed by atoms with Gasteiger partial charge in [-0.1, -0.05) is 71.5 Å². The summed E-state index contributed by atoms with van der Waals surface area (Å²) in [6.07, 6.45) is 0. The second kappa shape index (κ2) is 8.41. The third-order valence-corrected chi connectivity index (χ3v) is 5.75. The summed E-state index contributed by atoms with van der Waals surface area (Å²) in [4.78, 5) is 29.8. The molecule has 0 radical (unpaired) electrons. The van der Waals surface area contributed by atoms with E-state index in [1.54, 1.807) is 36.4 Å². The molecule has 154 valence electrons. The fourth-order valence-corrected chi connectivity index (χ4v) is 4.13. The number of benzene rings is 3. The molecule has 1 aromatic heterocycles. The molecule has 6 nitrogen and oxygen atoms in total. The van der Waals surface area contributed by atoms with Crippen molar-refractivity contribution < 1.29 is 14.7 Å². The third kappa shape index (κ3) is 4.17. The number of nitrogens with one attached hydrogen (secondary N) is 1. The van der Waals surface area contributed by atoms with E-state index >= 15 is 0 Å². The summed E-state index contributed by atoms with van der Waals surface area (Å²) in [7, 11) is 0. The van der Waals surface area contributed by atoms with Gasteiger partial charge in [0.15, 0.2) is 5.13 Å². The first-order chi connectivity index (χ1) is 14.9. The molecule has 4 rings (SSSR count). The predicted octanol–water partition coefficient (Wildman–Crippen LogP) is 5.37. The van der Waals surface area contributed by atoms with Crippen molar-refractivity contribution >= 4 is 39.7 Å². The van der Waals surface area contributed by atoms with Crippen LogP contribution in [-0.2, 0) is 0 Å². The van der Waals surface area contributed by atoms with Crippen molar-refractivity contribution in [2.24, 2.45) is 0 Å². The predicted molar refractivity (Wildman–Crippen MR) is 123 cm³/mol. The molecule has 4 N–H and O–H groups in total. The zero-order valence-corrected chi connectivity index (χ0v) is 17.4. The lowest BCUT2D eigenvalue weighted by atomic mass is 9.92. The summed E-state index contributed by atoms with van der Waals surface area (Å²) >= 11 is 1.14. The standard InChI is InChI=1S/C24H19N3O3S/c1-14-10-12-16(13-11-14)26-24-27-22(25)21(31-24)20(28)17-8-5-9-18(23(29)30)19(17)15-6-3-2-4-7-15/h2-13H,25H2,1H3,(H,26,27)(H,29,30). The van der Waals surface area contributed by atoms with Crippen LogP contribution in [0.2, 0.25) is 0 Å². The summed E-state index contributed by atoms with van der Waals surface area (Å²) in [5.41, 5.74) is 9.35. The first-order valence-electron chi connectivity index (χ1n) is 9.50. The van der Waals surface area contributed by atoms with Gasteiger partial charge in [0.2, 0.25) is 5.78 Å². The number of anilines is 3. The summed E-state index contributed by atoms with van der Waals surface area (Å²) in [5, 5.41) is 13.3. The topological polar surface area (TPSA) is 105 Å². The van der Waals surface area contributed by atoms with Gasteiger partial charge in [-0.25, -0.2) is 9.78 Å². The van der Waals surface area contributed by atoms with Crippen molar-refractivity contribution in [1.29, 1.82) is 0 Å². The lowest BCUT2D eigenvalue weighted by Crippen LogP contribution is -2.09. The quantitative estimate of drug-likeness (QED) is 0.356. The van der Waals surface area contributed by atoms with Crippen LogP contribution in [0.15, 0.2) is 72.8 Å². The van der Waals surface area contributed by atoms with Crippen LogP contribution in [0.5, 0.6) is 0 Å². The van der Waals surface area contributed by atoms with E-state index in [9.17, 15) is 14.7 Å². The van der Waals surface area contributed by atoms with Crippen LogP contribution in [-0.4, -0.2) is 21.8 Å². The third-order valence-electron chi connectivity index (χ3n) is 4.76. The van der Waals surface area contributed by atoms with Gasteiger partial charge in [-0.05, 0) is 30.7 Å². The smallest absolute Gasteiger partial charge is 0.336 e. The molecule has 0 aliphatic rings. The Morgan fingerprint density at radius 2 is 1.61 bits per heavy atom. The summed E-state index contributed by atoms with van der Waals surface area (Å²) in [6, 6.07) is 21.4. The van der Waals surface area contributed by atoms with Crippen molar-refractivity contribution in [3.63, 3.8) is 0 Å². The van der Waals surface area contributed by atoms with Crippen molar-refractivity contribution in [3.8, 4) is 11.1 Å². The minimum absolute atomic E-state index is 0.0538. The minimum Gasteiger partial charge on any atom is -0.478 e. The molecule has 0 bridgehead atoms. The molecule has 0 aliphatic carbocycles. The summed E-state index contributed by atoms with van der Waals surface area (Å²) in [5.74, 6) is -1.37. The zero-order chi connectivity index (χ0) is 22.0. The first-order valence-corrected chi connectivity index (χ1v) is 10.3. The maximum absolute atomic E-state index is 13.4. The number of aryl methyl sites for hydroxylation is 1. The number of carboxylic acid groups (broad SMARTS) is 1. The highest BCUT2D eigenvalue weighted by Crippen LogP contribution is 2.34. The highest BCUT2D eigenvalue weighted by atomic mass is 32.1. The number of carboxylic acids is 1. The van der Waals surface area contributed by atoms with E-state index in [2.05, 4.69) is 10.3 Å². The number of nitrogens with two attached hydrogens (primary N) is 1. The van der Waals surface area contributed by atoms with Gasteiger partial charge < -0.3 is 16.2 Å². The Bertz CT molecular complexity index is 1270. The van der Waals surface area contributed by atoms with Gasteiger partial charge in [-0.3, -0.25) is 4.79 Å². The average Bonchev–Trinajstić information content (AvgIpc) is 3.14. The van der Waals surface area contributed by atoms with Gasteiger partial charge in [0, 0.05) is 16.8 Å². The van der Waals surface area contributed by atoms with Gasteiger partial charge in [-0.15, -0.1) is 0 Å². The Morgan fingerprint density at radius 1 is 0.935 bits per heavy atom. The van der Waals surface area contributed by atoms with E-state index in [4.69, 9.17) is 5.73 Å². The van der Waals surface area contributed by atoms with Crippen LogP contribution in [0.25, 0.3) is 11.1 Å². The van der Waals surface area contributed by atoms with Crippen molar-refractivity contribution in [1.82, 2.24) is 4.98 Å². The van der Waals surface area contributed by atoms with Gasteiger partial charge in [0.1, 0.15) is 10.7 Å².